The molecule has 0 aliphatic carbocycles. The summed E-state index contributed by atoms with van der Waals surface area (Å²) in [4.78, 5) is 37.7. The summed E-state index contributed by atoms with van der Waals surface area (Å²) in [5.74, 6) is -1.08. The van der Waals surface area contributed by atoms with E-state index < -0.39 is 12.1 Å². The Labute approximate surface area is 361 Å². The molecule has 59 heavy (non-hydrogen) atoms. The first kappa shape index (κ1) is 55.1. The fraction of sp³-hybridized carbons (Fsp3) is 0.604. The van der Waals surface area contributed by atoms with Crippen LogP contribution in [0.25, 0.3) is 0 Å². The zero-order chi connectivity index (χ0) is 43.0. The van der Waals surface area contributed by atoms with Crippen molar-refractivity contribution in [3.05, 3.63) is 109 Å². The third-order valence-corrected chi connectivity index (χ3v) is 9.36. The van der Waals surface area contributed by atoms with Crippen LogP contribution in [0.5, 0.6) is 0 Å². The molecule has 0 aromatic heterocycles. The van der Waals surface area contributed by atoms with Crippen LogP contribution in [-0.4, -0.2) is 37.2 Å². The zero-order valence-electron chi connectivity index (χ0n) is 37.7. The second-order valence-electron chi connectivity index (χ2n) is 15.0. The molecule has 0 saturated heterocycles. The van der Waals surface area contributed by atoms with Gasteiger partial charge in [-0.3, -0.25) is 14.4 Å². The van der Waals surface area contributed by atoms with Crippen LogP contribution in [0.2, 0.25) is 0 Å². The van der Waals surface area contributed by atoms with Crippen LogP contribution in [0, 0.1) is 0 Å². The van der Waals surface area contributed by atoms with Crippen molar-refractivity contribution >= 4 is 17.9 Å². The molecule has 0 rings (SSSR count). The van der Waals surface area contributed by atoms with E-state index >= 15 is 0 Å². The fourth-order valence-corrected chi connectivity index (χ4v) is 5.82. The maximum atomic E-state index is 12.7. The van der Waals surface area contributed by atoms with Crippen molar-refractivity contribution in [1.82, 2.24) is 0 Å². The van der Waals surface area contributed by atoms with Crippen molar-refractivity contribution < 1.29 is 28.6 Å². The Morgan fingerprint density at radius 1 is 0.373 bits per heavy atom. The number of carbonyl (C=O) groups is 3. The molecular formula is C53H84O6. The highest BCUT2D eigenvalue weighted by Crippen LogP contribution is 2.11. The van der Waals surface area contributed by atoms with Crippen molar-refractivity contribution in [3.63, 3.8) is 0 Å². The van der Waals surface area contributed by atoms with Gasteiger partial charge in [-0.15, -0.1) is 0 Å². The van der Waals surface area contributed by atoms with E-state index in [0.717, 1.165) is 64.2 Å². The molecule has 0 bridgehead atoms. The molecule has 6 heteroatoms. The average molecular weight is 817 g/mol. The minimum absolute atomic E-state index is 0.129. The molecule has 0 aliphatic heterocycles. The van der Waals surface area contributed by atoms with Gasteiger partial charge in [0.1, 0.15) is 13.2 Å². The van der Waals surface area contributed by atoms with Crippen molar-refractivity contribution in [2.45, 2.75) is 194 Å². The lowest BCUT2D eigenvalue weighted by Crippen LogP contribution is -2.30. The van der Waals surface area contributed by atoms with Gasteiger partial charge >= 0.3 is 17.9 Å². The van der Waals surface area contributed by atoms with Gasteiger partial charge in [0, 0.05) is 19.3 Å². The topological polar surface area (TPSA) is 78.9 Å². The molecule has 0 saturated carbocycles. The quantitative estimate of drug-likeness (QED) is 0.0201. The Hall–Kier alpha value is -3.93. The zero-order valence-corrected chi connectivity index (χ0v) is 37.7. The first-order valence-corrected chi connectivity index (χ1v) is 23.5. The lowest BCUT2D eigenvalue weighted by atomic mass is 10.1. The highest BCUT2D eigenvalue weighted by Gasteiger charge is 2.19. The molecule has 0 fully saturated rings. The predicted molar refractivity (Wildman–Crippen MR) is 251 cm³/mol. The van der Waals surface area contributed by atoms with Gasteiger partial charge in [0.05, 0.1) is 0 Å². The van der Waals surface area contributed by atoms with Crippen LogP contribution >= 0.6 is 0 Å². The monoisotopic (exact) mass is 817 g/mol. The van der Waals surface area contributed by atoms with Crippen LogP contribution < -0.4 is 0 Å². The molecule has 0 amide bonds. The van der Waals surface area contributed by atoms with Gasteiger partial charge in [-0.25, -0.2) is 0 Å². The Kier molecular flexibility index (Phi) is 43.6. The number of hydrogen-bond acceptors (Lipinski definition) is 6. The summed E-state index contributed by atoms with van der Waals surface area (Å²) in [7, 11) is 0. The van der Waals surface area contributed by atoms with E-state index in [4.69, 9.17) is 14.2 Å². The third-order valence-electron chi connectivity index (χ3n) is 9.36. The third kappa shape index (κ3) is 45.0. The summed E-state index contributed by atoms with van der Waals surface area (Å²) in [5.41, 5.74) is 0. The molecule has 0 N–H and O–H groups in total. The average Bonchev–Trinajstić information content (AvgIpc) is 3.23. The van der Waals surface area contributed by atoms with E-state index in [1.807, 2.05) is 54.7 Å². The Morgan fingerprint density at radius 2 is 0.763 bits per heavy atom. The first-order valence-electron chi connectivity index (χ1n) is 23.5. The maximum Gasteiger partial charge on any atom is 0.306 e. The SMILES string of the molecule is CC\C=C/C=C\C=C/C=C\C=C/CCCC(=O)OC(COC(=O)CCC/C=C\C/C=C\C/C=C\CCCCCCCC)COC(=O)CCCCCCC/C=C\CCCC. The Bertz CT molecular complexity index is 1260. The summed E-state index contributed by atoms with van der Waals surface area (Å²) >= 11 is 0. The number of unbranched alkanes of at least 4 members (excludes halogenated alkanes) is 15. The van der Waals surface area contributed by atoms with Gasteiger partial charge in [0.15, 0.2) is 6.10 Å². The second kappa shape index (κ2) is 46.8. The number of hydrogen-bond donors (Lipinski definition) is 0. The number of esters is 3. The van der Waals surface area contributed by atoms with Gasteiger partial charge in [-0.2, -0.15) is 0 Å². The predicted octanol–water partition coefficient (Wildman–Crippen LogP) is 15.2. The summed E-state index contributed by atoms with van der Waals surface area (Å²) < 4.78 is 16.6. The maximum absolute atomic E-state index is 12.7. The summed E-state index contributed by atoms with van der Waals surface area (Å²) in [6.45, 7) is 6.30. The van der Waals surface area contributed by atoms with E-state index in [1.54, 1.807) is 0 Å². The van der Waals surface area contributed by atoms with Crippen molar-refractivity contribution in [2.75, 3.05) is 13.2 Å². The number of carbonyl (C=O) groups excluding carboxylic acids is 3. The summed E-state index contributed by atoms with van der Waals surface area (Å²) in [6.07, 6.45) is 62.3. The molecule has 1 atom stereocenters. The number of allylic oxidation sites excluding steroid dienone is 18. The van der Waals surface area contributed by atoms with Gasteiger partial charge in [0.2, 0.25) is 0 Å². The van der Waals surface area contributed by atoms with Gasteiger partial charge in [-0.05, 0) is 83.5 Å². The Morgan fingerprint density at radius 3 is 1.32 bits per heavy atom. The molecule has 0 aromatic carbocycles. The molecule has 0 aromatic rings. The second-order valence-corrected chi connectivity index (χ2v) is 15.0. The highest BCUT2D eigenvalue weighted by atomic mass is 16.6. The van der Waals surface area contributed by atoms with Crippen molar-refractivity contribution in [2.24, 2.45) is 0 Å². The number of ether oxygens (including phenoxy) is 3. The van der Waals surface area contributed by atoms with Crippen LogP contribution in [0.3, 0.4) is 0 Å². The molecule has 0 heterocycles. The van der Waals surface area contributed by atoms with Crippen LogP contribution in [0.15, 0.2) is 109 Å². The minimum Gasteiger partial charge on any atom is -0.462 e. The molecule has 6 nitrogen and oxygen atoms in total. The molecule has 1 unspecified atom stereocenters. The van der Waals surface area contributed by atoms with Crippen molar-refractivity contribution in [1.29, 1.82) is 0 Å². The highest BCUT2D eigenvalue weighted by molar-refractivity contribution is 5.71. The van der Waals surface area contributed by atoms with Crippen molar-refractivity contribution in [3.8, 4) is 0 Å². The molecule has 0 spiro atoms. The van der Waals surface area contributed by atoms with Gasteiger partial charge in [0.25, 0.3) is 0 Å². The van der Waals surface area contributed by atoms with E-state index in [1.165, 1.54) is 70.6 Å². The smallest absolute Gasteiger partial charge is 0.306 e. The number of rotatable bonds is 40. The van der Waals surface area contributed by atoms with Crippen LogP contribution in [0.4, 0.5) is 0 Å². The Balaban J connectivity index is 4.58. The lowest BCUT2D eigenvalue weighted by molar-refractivity contribution is -0.167. The van der Waals surface area contributed by atoms with Gasteiger partial charge in [-0.1, -0.05) is 194 Å². The van der Waals surface area contributed by atoms with Crippen LogP contribution in [0.1, 0.15) is 188 Å². The first-order chi connectivity index (χ1) is 29.0. The largest absolute Gasteiger partial charge is 0.462 e. The molecule has 0 aliphatic rings. The van der Waals surface area contributed by atoms with E-state index in [2.05, 4.69) is 75.5 Å². The van der Waals surface area contributed by atoms with E-state index in [9.17, 15) is 14.4 Å². The normalized spacial score (nSPS) is 13.1. The van der Waals surface area contributed by atoms with Crippen LogP contribution in [-0.2, 0) is 28.6 Å². The van der Waals surface area contributed by atoms with Gasteiger partial charge < -0.3 is 14.2 Å². The minimum atomic E-state index is -0.838. The molecular weight excluding hydrogens is 733 g/mol. The summed E-state index contributed by atoms with van der Waals surface area (Å²) in [6, 6.07) is 0. The molecule has 332 valence electrons. The van der Waals surface area contributed by atoms with E-state index in [-0.39, 0.29) is 38.0 Å². The molecule has 0 radical (unpaired) electrons. The van der Waals surface area contributed by atoms with E-state index in [0.29, 0.717) is 19.3 Å². The lowest BCUT2D eigenvalue weighted by Gasteiger charge is -2.18. The summed E-state index contributed by atoms with van der Waals surface area (Å²) in [5, 5.41) is 0. The fourth-order valence-electron chi connectivity index (χ4n) is 5.82. The standard InChI is InChI=1S/C53H84O6/c1-4-7-10-13-16-19-22-24-25-26-27-29-31-34-37-40-43-46-52(55)58-49-50(48-57-51(54)45-42-39-36-33-30-21-18-15-12-9-6-3)59-53(56)47-44-41-38-35-32-28-23-20-17-14-11-8-5-2/h8,11,14-15,17-18,20,23-25,27-29,32,34-35,37-38,50H,4-7,9-10,12-13,16,19,21-22,26,30-31,33,36,39-49H2,1-3H3/b11-8-,17-14-,18-15-,23-20-,25-24-,29-27-,32-28-,37-34-,38-35-.